The van der Waals surface area contributed by atoms with Gasteiger partial charge in [-0.25, -0.2) is 0 Å². The lowest BCUT2D eigenvalue weighted by molar-refractivity contribution is 0.0999. The van der Waals surface area contributed by atoms with E-state index in [-0.39, 0.29) is 12.2 Å². The number of Topliss-reactive ketones (excluding diaryl/α,β-unsaturated/α-hetero) is 1. The van der Waals surface area contributed by atoms with Crippen molar-refractivity contribution in [1.29, 1.82) is 5.26 Å². The number of H-pyrrole nitrogens is 1. The van der Waals surface area contributed by atoms with Crippen molar-refractivity contribution in [2.45, 2.75) is 6.42 Å². The average molecular weight is 263 g/mol. The lowest BCUT2D eigenvalue weighted by Gasteiger charge is -1.96. The Morgan fingerprint density at radius 3 is 3.07 bits per heavy atom. The van der Waals surface area contributed by atoms with Gasteiger partial charge in [-0.05, 0) is 12.1 Å². The van der Waals surface area contributed by atoms with Crippen LogP contribution in [0.1, 0.15) is 16.8 Å². The van der Waals surface area contributed by atoms with Crippen molar-refractivity contribution >= 4 is 32.6 Å². The summed E-state index contributed by atoms with van der Waals surface area (Å²) in [5.41, 5.74) is 1.46. The van der Waals surface area contributed by atoms with Gasteiger partial charge in [-0.2, -0.15) is 5.26 Å². The summed E-state index contributed by atoms with van der Waals surface area (Å²) in [6, 6.07) is 7.52. The highest BCUT2D eigenvalue weighted by atomic mass is 79.9. The zero-order chi connectivity index (χ0) is 10.8. The minimum atomic E-state index is -0.157. The van der Waals surface area contributed by atoms with Gasteiger partial charge < -0.3 is 4.98 Å². The van der Waals surface area contributed by atoms with E-state index in [1.54, 1.807) is 6.20 Å². The first-order chi connectivity index (χ1) is 7.24. The molecule has 0 amide bonds. The molecule has 2 rings (SSSR count). The van der Waals surface area contributed by atoms with E-state index in [9.17, 15) is 4.79 Å². The molecule has 1 aromatic heterocycles. The molecule has 2 aromatic rings. The van der Waals surface area contributed by atoms with Crippen LogP contribution in [0.5, 0.6) is 0 Å². The van der Waals surface area contributed by atoms with Gasteiger partial charge >= 0.3 is 0 Å². The number of nitriles is 1. The Bertz CT molecular complexity index is 565. The van der Waals surface area contributed by atoms with Gasteiger partial charge in [0.2, 0.25) is 0 Å². The quantitative estimate of drug-likeness (QED) is 0.846. The first kappa shape index (κ1) is 9.94. The zero-order valence-corrected chi connectivity index (χ0v) is 9.34. The van der Waals surface area contributed by atoms with Gasteiger partial charge in [0, 0.05) is 27.1 Å². The minimum absolute atomic E-state index is 0.0890. The number of hydrogen-bond donors (Lipinski definition) is 1. The van der Waals surface area contributed by atoms with Gasteiger partial charge in [-0.3, -0.25) is 4.79 Å². The molecule has 4 heteroatoms. The Balaban J connectivity index is 2.63. The predicted molar refractivity (Wildman–Crippen MR) is 60.6 cm³/mol. The molecule has 74 valence electrons. The molecule has 0 fully saturated rings. The summed E-state index contributed by atoms with van der Waals surface area (Å²) in [5.74, 6) is -0.157. The Morgan fingerprint density at radius 1 is 1.53 bits per heavy atom. The number of ketones is 1. The van der Waals surface area contributed by atoms with E-state index in [0.717, 1.165) is 15.4 Å². The summed E-state index contributed by atoms with van der Waals surface area (Å²) >= 11 is 3.39. The molecule has 1 heterocycles. The predicted octanol–water partition coefficient (Wildman–Crippen LogP) is 3.03. The van der Waals surface area contributed by atoms with Gasteiger partial charge in [0.05, 0.1) is 12.5 Å². The molecule has 0 unspecified atom stereocenters. The number of carbonyl (C=O) groups excluding carboxylic acids is 1. The number of benzene rings is 1. The molecule has 0 aliphatic heterocycles. The van der Waals surface area contributed by atoms with Crippen molar-refractivity contribution in [1.82, 2.24) is 4.98 Å². The molecule has 0 aliphatic carbocycles. The van der Waals surface area contributed by atoms with Gasteiger partial charge in [-0.1, -0.05) is 22.0 Å². The van der Waals surface area contributed by atoms with Crippen molar-refractivity contribution < 1.29 is 4.79 Å². The second kappa shape index (κ2) is 3.87. The summed E-state index contributed by atoms with van der Waals surface area (Å²) in [7, 11) is 0. The maximum absolute atomic E-state index is 11.6. The molecule has 1 aromatic carbocycles. The highest BCUT2D eigenvalue weighted by Crippen LogP contribution is 2.27. The highest BCUT2D eigenvalue weighted by Gasteiger charge is 2.13. The van der Waals surface area contributed by atoms with Crippen LogP contribution in [-0.2, 0) is 0 Å². The summed E-state index contributed by atoms with van der Waals surface area (Å²) < 4.78 is 0.863. The van der Waals surface area contributed by atoms with Gasteiger partial charge in [0.1, 0.15) is 0 Å². The number of carbonyl (C=O) groups is 1. The Hall–Kier alpha value is -1.60. The molecule has 0 bridgehead atoms. The minimum Gasteiger partial charge on any atom is -0.360 e. The molecule has 15 heavy (non-hydrogen) atoms. The fourth-order valence-corrected chi connectivity index (χ4v) is 2.11. The SMILES string of the molecule is N#CCC(=O)c1c[nH]c2cccc(Br)c12. The number of nitrogens with one attached hydrogen (secondary N) is 1. The molecule has 0 saturated heterocycles. The van der Waals surface area contributed by atoms with Crippen LogP contribution >= 0.6 is 15.9 Å². The molecular weight excluding hydrogens is 256 g/mol. The number of aromatic amines is 1. The number of fused-ring (bicyclic) bond motifs is 1. The summed E-state index contributed by atoms with van der Waals surface area (Å²) in [6.45, 7) is 0. The van der Waals surface area contributed by atoms with Gasteiger partial charge in [0.15, 0.2) is 5.78 Å². The number of hydrogen-bond acceptors (Lipinski definition) is 2. The largest absolute Gasteiger partial charge is 0.360 e. The molecule has 0 aliphatic rings. The number of nitrogens with zero attached hydrogens (tertiary/aromatic N) is 1. The van der Waals surface area contributed by atoms with Gasteiger partial charge in [0.25, 0.3) is 0 Å². The van der Waals surface area contributed by atoms with Crippen LogP contribution < -0.4 is 0 Å². The first-order valence-corrected chi connectivity index (χ1v) is 5.19. The summed E-state index contributed by atoms with van der Waals surface area (Å²) in [4.78, 5) is 14.6. The standard InChI is InChI=1S/C11H7BrN2O/c12-8-2-1-3-9-11(8)7(6-14-9)10(15)4-5-13/h1-3,6,14H,4H2. The third-order valence-corrected chi connectivity index (χ3v) is 2.86. The molecule has 0 radical (unpaired) electrons. The lowest BCUT2D eigenvalue weighted by Crippen LogP contribution is -1.95. The Kier molecular flexibility index (Phi) is 2.57. The van der Waals surface area contributed by atoms with Crippen LogP contribution in [-0.4, -0.2) is 10.8 Å². The van der Waals surface area contributed by atoms with Gasteiger partial charge in [-0.15, -0.1) is 0 Å². The van der Waals surface area contributed by atoms with E-state index in [1.165, 1.54) is 0 Å². The fourth-order valence-electron chi connectivity index (χ4n) is 1.53. The third kappa shape index (κ3) is 1.66. The third-order valence-electron chi connectivity index (χ3n) is 2.19. The number of aromatic nitrogens is 1. The van der Waals surface area contributed by atoms with Crippen molar-refractivity contribution in [3.63, 3.8) is 0 Å². The topological polar surface area (TPSA) is 56.6 Å². The smallest absolute Gasteiger partial charge is 0.179 e. The van der Waals surface area contributed by atoms with E-state index in [0.29, 0.717) is 5.56 Å². The highest BCUT2D eigenvalue weighted by molar-refractivity contribution is 9.10. The fraction of sp³-hybridized carbons (Fsp3) is 0.0909. The molecule has 1 N–H and O–H groups in total. The van der Waals surface area contributed by atoms with Crippen molar-refractivity contribution in [3.8, 4) is 6.07 Å². The number of rotatable bonds is 2. The molecule has 3 nitrogen and oxygen atoms in total. The van der Waals surface area contributed by atoms with Crippen LogP contribution in [0.25, 0.3) is 10.9 Å². The summed E-state index contributed by atoms with van der Waals surface area (Å²) in [6.07, 6.45) is 1.56. The van der Waals surface area contributed by atoms with E-state index in [2.05, 4.69) is 20.9 Å². The van der Waals surface area contributed by atoms with Crippen molar-refractivity contribution in [3.05, 3.63) is 34.4 Å². The van der Waals surface area contributed by atoms with Crippen molar-refractivity contribution in [2.75, 3.05) is 0 Å². The zero-order valence-electron chi connectivity index (χ0n) is 7.75. The first-order valence-electron chi connectivity index (χ1n) is 4.40. The second-order valence-corrected chi connectivity index (χ2v) is 3.98. The van der Waals surface area contributed by atoms with Crippen LogP contribution in [0.3, 0.4) is 0 Å². The lowest BCUT2D eigenvalue weighted by atomic mass is 10.1. The molecule has 0 atom stereocenters. The van der Waals surface area contributed by atoms with E-state index >= 15 is 0 Å². The van der Waals surface area contributed by atoms with E-state index in [1.807, 2.05) is 24.3 Å². The Labute approximate surface area is 94.8 Å². The second-order valence-electron chi connectivity index (χ2n) is 3.12. The van der Waals surface area contributed by atoms with Crippen molar-refractivity contribution in [2.24, 2.45) is 0 Å². The molecular formula is C11H7BrN2O. The van der Waals surface area contributed by atoms with Crippen LogP contribution in [0.15, 0.2) is 28.9 Å². The van der Waals surface area contributed by atoms with Crippen LogP contribution in [0.2, 0.25) is 0 Å². The summed E-state index contributed by atoms with van der Waals surface area (Å²) in [5, 5.41) is 9.33. The van der Waals surface area contributed by atoms with E-state index in [4.69, 9.17) is 5.26 Å². The molecule has 0 spiro atoms. The van der Waals surface area contributed by atoms with E-state index < -0.39 is 0 Å². The molecule has 0 saturated carbocycles. The normalized spacial score (nSPS) is 10.1. The maximum Gasteiger partial charge on any atom is 0.179 e. The monoisotopic (exact) mass is 262 g/mol. The average Bonchev–Trinajstić information content (AvgIpc) is 2.63. The maximum atomic E-state index is 11.6. The number of halogens is 1. The van der Waals surface area contributed by atoms with Crippen LogP contribution in [0.4, 0.5) is 0 Å². The Morgan fingerprint density at radius 2 is 2.33 bits per heavy atom. The van der Waals surface area contributed by atoms with Crippen LogP contribution in [0, 0.1) is 11.3 Å².